The molecule has 0 radical (unpaired) electrons. The van der Waals surface area contributed by atoms with Crippen molar-refractivity contribution in [2.24, 2.45) is 5.16 Å². The Morgan fingerprint density at radius 3 is 2.48 bits per heavy atom. The van der Waals surface area contributed by atoms with Crippen molar-refractivity contribution in [1.82, 2.24) is 0 Å². The second kappa shape index (κ2) is 4.57. The van der Waals surface area contributed by atoms with E-state index >= 15 is 0 Å². The lowest BCUT2D eigenvalue weighted by Crippen LogP contribution is -2.54. The molecule has 0 bridgehead atoms. The minimum atomic E-state index is -0.541. The van der Waals surface area contributed by atoms with E-state index in [1.54, 1.807) is 12.1 Å². The molecule has 3 nitrogen and oxygen atoms in total. The molecule has 1 atom stereocenters. The summed E-state index contributed by atoms with van der Waals surface area (Å²) in [7, 11) is 2.05. The van der Waals surface area contributed by atoms with Gasteiger partial charge in [0, 0.05) is 12.7 Å². The molecule has 0 aliphatic carbocycles. The molecule has 0 aromatic heterocycles. The van der Waals surface area contributed by atoms with Crippen LogP contribution < -0.4 is 4.90 Å². The third-order valence-corrected chi connectivity index (χ3v) is 5.35. The molecular formula is C19H19FN2O. The highest BCUT2D eigenvalue weighted by molar-refractivity contribution is 6.02. The Bertz CT molecular complexity index is 797. The SMILES string of the molecule is CN1c2ccccc2C(C)(C)[C@]12CC(c1ccc(F)cc1)=NO2. The summed E-state index contributed by atoms with van der Waals surface area (Å²) in [6.45, 7) is 4.39. The lowest BCUT2D eigenvalue weighted by molar-refractivity contribution is -0.0591. The Balaban J connectivity index is 1.73. The lowest BCUT2D eigenvalue weighted by atomic mass is 9.75. The Morgan fingerprint density at radius 2 is 1.78 bits per heavy atom. The highest BCUT2D eigenvalue weighted by Gasteiger charge is 2.61. The summed E-state index contributed by atoms with van der Waals surface area (Å²) in [5.74, 6) is -0.242. The molecule has 2 heterocycles. The van der Waals surface area contributed by atoms with Crippen molar-refractivity contribution < 1.29 is 9.23 Å². The smallest absolute Gasteiger partial charge is 0.224 e. The molecule has 118 valence electrons. The number of oxime groups is 1. The van der Waals surface area contributed by atoms with Gasteiger partial charge < -0.3 is 9.74 Å². The summed E-state index contributed by atoms with van der Waals surface area (Å²) in [4.78, 5) is 8.21. The van der Waals surface area contributed by atoms with Crippen LogP contribution in [0.1, 0.15) is 31.4 Å². The standard InChI is InChI=1S/C19H19FN2O/c1-18(2)15-6-4-5-7-17(15)22(3)19(18)12-16(21-23-19)13-8-10-14(20)11-9-13/h4-11H,12H2,1-3H3/t19-/m1/s1. The van der Waals surface area contributed by atoms with E-state index in [2.05, 4.69) is 49.1 Å². The van der Waals surface area contributed by atoms with E-state index in [4.69, 9.17) is 4.84 Å². The number of fused-ring (bicyclic) bond motifs is 1. The fourth-order valence-corrected chi connectivity index (χ4v) is 3.85. The van der Waals surface area contributed by atoms with Gasteiger partial charge in [-0.05, 0) is 43.2 Å². The van der Waals surface area contributed by atoms with Gasteiger partial charge in [-0.25, -0.2) is 4.39 Å². The molecule has 2 aromatic rings. The summed E-state index contributed by atoms with van der Waals surface area (Å²) in [6, 6.07) is 14.8. The van der Waals surface area contributed by atoms with E-state index in [0.717, 1.165) is 11.3 Å². The van der Waals surface area contributed by atoms with Crippen LogP contribution in [0, 0.1) is 5.82 Å². The van der Waals surface area contributed by atoms with Crippen molar-refractivity contribution in [2.45, 2.75) is 31.4 Å². The van der Waals surface area contributed by atoms with E-state index < -0.39 is 5.72 Å². The van der Waals surface area contributed by atoms with Crippen LogP contribution in [-0.4, -0.2) is 18.5 Å². The first-order valence-corrected chi connectivity index (χ1v) is 7.80. The van der Waals surface area contributed by atoms with Crippen molar-refractivity contribution in [1.29, 1.82) is 0 Å². The maximum absolute atomic E-state index is 13.2. The Hall–Kier alpha value is -2.36. The topological polar surface area (TPSA) is 24.8 Å². The molecule has 0 fully saturated rings. The van der Waals surface area contributed by atoms with Crippen molar-refractivity contribution >= 4 is 11.4 Å². The van der Waals surface area contributed by atoms with Crippen molar-refractivity contribution in [3.05, 3.63) is 65.5 Å². The normalized spacial score (nSPS) is 24.5. The monoisotopic (exact) mass is 310 g/mol. The number of anilines is 1. The molecular weight excluding hydrogens is 291 g/mol. The van der Waals surface area contributed by atoms with Gasteiger partial charge in [-0.1, -0.05) is 35.5 Å². The van der Waals surface area contributed by atoms with Crippen LogP contribution in [0.5, 0.6) is 0 Å². The van der Waals surface area contributed by atoms with Gasteiger partial charge in [0.15, 0.2) is 0 Å². The van der Waals surface area contributed by atoms with E-state index in [1.165, 1.54) is 23.4 Å². The first-order valence-electron chi connectivity index (χ1n) is 7.80. The predicted octanol–water partition coefficient (Wildman–Crippen LogP) is 4.07. The molecule has 2 aliphatic rings. The molecule has 4 rings (SSSR count). The van der Waals surface area contributed by atoms with Crippen LogP contribution in [-0.2, 0) is 10.3 Å². The summed E-state index contributed by atoms with van der Waals surface area (Å²) < 4.78 is 13.2. The zero-order valence-electron chi connectivity index (χ0n) is 13.5. The number of nitrogens with zero attached hydrogens (tertiary/aromatic N) is 2. The van der Waals surface area contributed by atoms with Crippen LogP contribution >= 0.6 is 0 Å². The average molecular weight is 310 g/mol. The van der Waals surface area contributed by atoms with Gasteiger partial charge in [0.1, 0.15) is 5.82 Å². The van der Waals surface area contributed by atoms with Crippen LogP contribution in [0.3, 0.4) is 0 Å². The third-order valence-electron chi connectivity index (χ3n) is 5.35. The average Bonchev–Trinajstić information content (AvgIpc) is 3.07. The quantitative estimate of drug-likeness (QED) is 0.793. The van der Waals surface area contributed by atoms with E-state index in [0.29, 0.717) is 6.42 Å². The number of para-hydroxylation sites is 1. The number of benzene rings is 2. The van der Waals surface area contributed by atoms with Crippen LogP contribution in [0.2, 0.25) is 0 Å². The molecule has 0 saturated heterocycles. The number of halogens is 1. The second-order valence-electron chi connectivity index (χ2n) is 6.80. The highest BCUT2D eigenvalue weighted by atomic mass is 19.1. The summed E-state index contributed by atoms with van der Waals surface area (Å²) in [5, 5.41) is 4.35. The highest BCUT2D eigenvalue weighted by Crippen LogP contribution is 2.55. The Labute approximate surface area is 135 Å². The number of hydrogen-bond donors (Lipinski definition) is 0. The van der Waals surface area contributed by atoms with Gasteiger partial charge in [-0.15, -0.1) is 0 Å². The van der Waals surface area contributed by atoms with Gasteiger partial charge in [-0.2, -0.15) is 0 Å². The first kappa shape index (κ1) is 14.2. The second-order valence-corrected chi connectivity index (χ2v) is 6.80. The summed E-state index contributed by atoms with van der Waals surface area (Å²) in [6.07, 6.45) is 0.664. The largest absolute Gasteiger partial charge is 0.366 e. The van der Waals surface area contributed by atoms with E-state index in [1.807, 2.05) is 6.07 Å². The molecule has 23 heavy (non-hydrogen) atoms. The van der Waals surface area contributed by atoms with Gasteiger partial charge >= 0.3 is 0 Å². The van der Waals surface area contributed by atoms with Crippen LogP contribution in [0.15, 0.2) is 53.7 Å². The molecule has 1 spiro atoms. The predicted molar refractivity (Wildman–Crippen MR) is 89.2 cm³/mol. The molecule has 0 amide bonds. The number of hydrogen-bond acceptors (Lipinski definition) is 3. The molecule has 2 aromatic carbocycles. The maximum Gasteiger partial charge on any atom is 0.224 e. The van der Waals surface area contributed by atoms with Gasteiger partial charge in [0.2, 0.25) is 5.72 Å². The minimum Gasteiger partial charge on any atom is -0.366 e. The minimum absolute atomic E-state index is 0.205. The number of likely N-dealkylation sites (N-methyl/N-ethyl adjacent to an activating group) is 1. The molecule has 0 N–H and O–H groups in total. The number of rotatable bonds is 1. The van der Waals surface area contributed by atoms with Gasteiger partial charge in [-0.3, -0.25) is 0 Å². The summed E-state index contributed by atoms with van der Waals surface area (Å²) in [5.41, 5.74) is 3.46. The fourth-order valence-electron chi connectivity index (χ4n) is 3.85. The van der Waals surface area contributed by atoms with E-state index in [9.17, 15) is 4.39 Å². The van der Waals surface area contributed by atoms with Crippen LogP contribution in [0.25, 0.3) is 0 Å². The van der Waals surface area contributed by atoms with E-state index in [-0.39, 0.29) is 11.2 Å². The van der Waals surface area contributed by atoms with Gasteiger partial charge in [0.25, 0.3) is 0 Å². The summed E-state index contributed by atoms with van der Waals surface area (Å²) >= 11 is 0. The molecule has 2 aliphatic heterocycles. The molecule has 0 unspecified atom stereocenters. The zero-order chi connectivity index (χ0) is 16.2. The maximum atomic E-state index is 13.2. The van der Waals surface area contributed by atoms with Crippen LogP contribution in [0.4, 0.5) is 10.1 Å². The molecule has 0 saturated carbocycles. The zero-order valence-corrected chi connectivity index (χ0v) is 13.5. The van der Waals surface area contributed by atoms with Crippen molar-refractivity contribution in [2.75, 3.05) is 11.9 Å². The molecule has 4 heteroatoms. The Kier molecular flexibility index (Phi) is 2.83. The first-order chi connectivity index (χ1) is 11.0. The lowest BCUT2D eigenvalue weighted by Gasteiger charge is -2.40. The fraction of sp³-hybridized carbons (Fsp3) is 0.316. The van der Waals surface area contributed by atoms with Crippen molar-refractivity contribution in [3.63, 3.8) is 0 Å². The Morgan fingerprint density at radius 1 is 1.09 bits per heavy atom. The third kappa shape index (κ3) is 1.78. The van der Waals surface area contributed by atoms with Gasteiger partial charge in [0.05, 0.1) is 17.5 Å². The van der Waals surface area contributed by atoms with Crippen molar-refractivity contribution in [3.8, 4) is 0 Å².